The third-order valence-corrected chi connectivity index (χ3v) is 3.38. The van der Waals surface area contributed by atoms with Crippen molar-refractivity contribution >= 4 is 22.9 Å². The van der Waals surface area contributed by atoms with E-state index in [-0.39, 0.29) is 5.92 Å². The summed E-state index contributed by atoms with van der Waals surface area (Å²) in [6.07, 6.45) is 0. The van der Waals surface area contributed by atoms with Gasteiger partial charge >= 0.3 is 0 Å². The Morgan fingerprint density at radius 1 is 1.67 bits per heavy atom. The van der Waals surface area contributed by atoms with Gasteiger partial charge in [0.25, 0.3) is 5.89 Å². The normalized spacial score (nSPS) is 13.0. The van der Waals surface area contributed by atoms with Crippen LogP contribution in [0.4, 0.5) is 0 Å². The molecule has 0 spiro atoms. The van der Waals surface area contributed by atoms with Crippen molar-refractivity contribution in [2.24, 2.45) is 5.73 Å². The minimum atomic E-state index is 0.0984. The zero-order chi connectivity index (χ0) is 10.8. The van der Waals surface area contributed by atoms with Crippen molar-refractivity contribution in [3.8, 4) is 10.8 Å². The van der Waals surface area contributed by atoms with Gasteiger partial charge in [0, 0.05) is 12.5 Å². The molecule has 6 heteroatoms. The van der Waals surface area contributed by atoms with E-state index in [2.05, 4.69) is 10.1 Å². The fourth-order valence-corrected chi connectivity index (χ4v) is 2.14. The van der Waals surface area contributed by atoms with Crippen molar-refractivity contribution in [2.75, 3.05) is 6.54 Å². The Labute approximate surface area is 96.1 Å². The Hall–Kier alpha value is -0.910. The fourth-order valence-electron chi connectivity index (χ4n) is 1.08. The predicted molar refractivity (Wildman–Crippen MR) is 60.1 cm³/mol. The van der Waals surface area contributed by atoms with Crippen LogP contribution in [0.3, 0.4) is 0 Å². The summed E-state index contributed by atoms with van der Waals surface area (Å²) < 4.78 is 5.12. The van der Waals surface area contributed by atoms with E-state index in [0.717, 1.165) is 4.88 Å². The molecule has 0 aliphatic rings. The van der Waals surface area contributed by atoms with Gasteiger partial charge in [-0.2, -0.15) is 4.98 Å². The average Bonchev–Trinajstić information content (AvgIpc) is 2.84. The fraction of sp³-hybridized carbons (Fsp3) is 0.333. The maximum Gasteiger partial charge on any atom is 0.269 e. The molecule has 1 atom stereocenters. The largest absolute Gasteiger partial charge is 0.333 e. The number of rotatable bonds is 3. The minimum absolute atomic E-state index is 0.0984. The van der Waals surface area contributed by atoms with Crippen LogP contribution in [0.1, 0.15) is 18.7 Å². The summed E-state index contributed by atoms with van der Waals surface area (Å²) in [5, 5.41) is 6.38. The Morgan fingerprint density at radius 2 is 2.47 bits per heavy atom. The summed E-state index contributed by atoms with van der Waals surface area (Å²) in [4.78, 5) is 5.06. The summed E-state index contributed by atoms with van der Waals surface area (Å²) in [7, 11) is 0. The average molecular weight is 244 g/mol. The lowest BCUT2D eigenvalue weighted by atomic mass is 10.2. The first-order valence-electron chi connectivity index (χ1n) is 4.49. The van der Waals surface area contributed by atoms with Gasteiger partial charge in [-0.25, -0.2) is 0 Å². The maximum absolute atomic E-state index is 5.95. The molecule has 15 heavy (non-hydrogen) atoms. The van der Waals surface area contributed by atoms with Crippen LogP contribution in [0, 0.1) is 0 Å². The van der Waals surface area contributed by atoms with Crippen molar-refractivity contribution in [1.82, 2.24) is 10.1 Å². The number of aromatic nitrogens is 2. The highest BCUT2D eigenvalue weighted by molar-refractivity contribution is 7.14. The standard InChI is InChI=1S/C9H10ClN3OS/c1-5(4-11)8-12-9(14-13-8)7-6(10)2-3-15-7/h2-3,5H,4,11H2,1H3. The van der Waals surface area contributed by atoms with Crippen LogP contribution in [0.15, 0.2) is 16.0 Å². The molecule has 0 saturated carbocycles. The number of nitrogens with zero attached hydrogens (tertiary/aromatic N) is 2. The van der Waals surface area contributed by atoms with Gasteiger partial charge in [-0.1, -0.05) is 23.7 Å². The zero-order valence-corrected chi connectivity index (χ0v) is 9.68. The molecule has 0 radical (unpaired) electrons. The van der Waals surface area contributed by atoms with E-state index in [1.807, 2.05) is 12.3 Å². The third-order valence-electron chi connectivity index (χ3n) is 2.05. The van der Waals surface area contributed by atoms with E-state index in [1.165, 1.54) is 11.3 Å². The van der Waals surface area contributed by atoms with Crippen molar-refractivity contribution in [3.05, 3.63) is 22.3 Å². The van der Waals surface area contributed by atoms with Gasteiger partial charge < -0.3 is 10.3 Å². The van der Waals surface area contributed by atoms with Gasteiger partial charge in [-0.15, -0.1) is 11.3 Å². The van der Waals surface area contributed by atoms with Gasteiger partial charge in [0.15, 0.2) is 5.82 Å². The highest BCUT2D eigenvalue weighted by Crippen LogP contribution is 2.32. The number of hydrogen-bond acceptors (Lipinski definition) is 5. The molecule has 80 valence electrons. The molecule has 0 aliphatic heterocycles. The van der Waals surface area contributed by atoms with Crippen LogP contribution in [-0.4, -0.2) is 16.7 Å². The second-order valence-corrected chi connectivity index (χ2v) is 4.52. The minimum Gasteiger partial charge on any atom is -0.333 e. The molecule has 0 aromatic carbocycles. The molecule has 2 N–H and O–H groups in total. The quantitative estimate of drug-likeness (QED) is 0.900. The first-order valence-corrected chi connectivity index (χ1v) is 5.75. The number of thiophene rings is 1. The highest BCUT2D eigenvalue weighted by Gasteiger charge is 2.16. The van der Waals surface area contributed by atoms with E-state index in [9.17, 15) is 0 Å². The van der Waals surface area contributed by atoms with E-state index in [1.54, 1.807) is 6.07 Å². The summed E-state index contributed by atoms with van der Waals surface area (Å²) in [5.41, 5.74) is 5.52. The summed E-state index contributed by atoms with van der Waals surface area (Å²) in [6, 6.07) is 1.80. The van der Waals surface area contributed by atoms with Gasteiger partial charge in [0.1, 0.15) is 4.88 Å². The number of hydrogen-bond donors (Lipinski definition) is 1. The topological polar surface area (TPSA) is 64.9 Å². The van der Waals surface area contributed by atoms with Crippen molar-refractivity contribution in [2.45, 2.75) is 12.8 Å². The van der Waals surface area contributed by atoms with Crippen LogP contribution in [0.25, 0.3) is 10.8 Å². The van der Waals surface area contributed by atoms with E-state index in [4.69, 9.17) is 21.9 Å². The molecule has 2 aromatic heterocycles. The van der Waals surface area contributed by atoms with Gasteiger partial charge in [0.2, 0.25) is 0 Å². The predicted octanol–water partition coefficient (Wildman–Crippen LogP) is 2.51. The van der Waals surface area contributed by atoms with Gasteiger partial charge in [-0.05, 0) is 11.4 Å². The number of nitrogens with two attached hydrogens (primary N) is 1. The highest BCUT2D eigenvalue weighted by atomic mass is 35.5. The Balaban J connectivity index is 2.32. The molecular formula is C9H10ClN3OS. The first kappa shape index (κ1) is 10.6. The molecule has 0 bridgehead atoms. The SMILES string of the molecule is CC(CN)c1noc(-c2sccc2Cl)n1. The second-order valence-electron chi connectivity index (χ2n) is 3.19. The molecule has 0 amide bonds. The lowest BCUT2D eigenvalue weighted by Crippen LogP contribution is -2.10. The third kappa shape index (κ3) is 2.04. The van der Waals surface area contributed by atoms with Crippen LogP contribution >= 0.6 is 22.9 Å². The molecular weight excluding hydrogens is 234 g/mol. The summed E-state index contributed by atoms with van der Waals surface area (Å²) in [6.45, 7) is 2.45. The molecule has 0 fully saturated rings. The van der Waals surface area contributed by atoms with E-state index >= 15 is 0 Å². The van der Waals surface area contributed by atoms with E-state index < -0.39 is 0 Å². The first-order chi connectivity index (χ1) is 7.22. The number of halogens is 1. The van der Waals surface area contributed by atoms with Gasteiger partial charge in [-0.3, -0.25) is 0 Å². The monoisotopic (exact) mass is 243 g/mol. The van der Waals surface area contributed by atoms with Crippen molar-refractivity contribution in [3.63, 3.8) is 0 Å². The molecule has 2 rings (SSSR count). The van der Waals surface area contributed by atoms with Crippen LogP contribution in [0.2, 0.25) is 5.02 Å². The van der Waals surface area contributed by atoms with Crippen molar-refractivity contribution in [1.29, 1.82) is 0 Å². The lowest BCUT2D eigenvalue weighted by Gasteiger charge is -1.98. The van der Waals surface area contributed by atoms with Crippen molar-refractivity contribution < 1.29 is 4.52 Å². The lowest BCUT2D eigenvalue weighted by molar-refractivity contribution is 0.418. The molecule has 4 nitrogen and oxygen atoms in total. The van der Waals surface area contributed by atoms with Crippen LogP contribution < -0.4 is 5.73 Å². The summed E-state index contributed by atoms with van der Waals surface area (Å²) in [5.74, 6) is 1.18. The smallest absolute Gasteiger partial charge is 0.269 e. The van der Waals surface area contributed by atoms with Crippen LogP contribution in [0.5, 0.6) is 0 Å². The molecule has 2 aromatic rings. The maximum atomic E-state index is 5.95. The molecule has 2 heterocycles. The Morgan fingerprint density at radius 3 is 3.07 bits per heavy atom. The van der Waals surface area contributed by atoms with Gasteiger partial charge in [0.05, 0.1) is 5.02 Å². The van der Waals surface area contributed by atoms with Crippen LogP contribution in [-0.2, 0) is 0 Å². The summed E-state index contributed by atoms with van der Waals surface area (Å²) >= 11 is 7.43. The molecule has 0 aliphatic carbocycles. The Bertz CT molecular complexity index is 454. The zero-order valence-electron chi connectivity index (χ0n) is 8.11. The molecule has 0 saturated heterocycles. The Kier molecular flexibility index (Phi) is 3.04. The molecule has 1 unspecified atom stereocenters. The second kappa shape index (κ2) is 4.30. The van der Waals surface area contributed by atoms with E-state index in [0.29, 0.717) is 23.3 Å².